The quantitative estimate of drug-likeness (QED) is 0.766. The molecule has 3 nitrogen and oxygen atoms in total. The Morgan fingerprint density at radius 3 is 3.00 bits per heavy atom. The lowest BCUT2D eigenvalue weighted by atomic mass is 10.2. The second-order valence-corrected chi connectivity index (χ2v) is 6.60. The van der Waals surface area contributed by atoms with Crippen LogP contribution in [0.1, 0.15) is 29.6 Å². The molecule has 1 aliphatic rings. The van der Waals surface area contributed by atoms with Gasteiger partial charge in [0.05, 0.1) is 5.39 Å². The summed E-state index contributed by atoms with van der Waals surface area (Å²) in [6, 6.07) is 6.50. The number of anilines is 2. The molecule has 0 saturated carbocycles. The molecule has 1 N–H and O–H groups in total. The van der Waals surface area contributed by atoms with Gasteiger partial charge in [-0.25, -0.2) is 14.4 Å². The molecule has 1 aromatic carbocycles. The van der Waals surface area contributed by atoms with Crippen LogP contribution < -0.4 is 5.32 Å². The van der Waals surface area contributed by atoms with Crippen molar-refractivity contribution >= 4 is 33.1 Å². The van der Waals surface area contributed by atoms with Gasteiger partial charge >= 0.3 is 0 Å². The van der Waals surface area contributed by atoms with Crippen LogP contribution in [0.4, 0.5) is 15.9 Å². The van der Waals surface area contributed by atoms with Gasteiger partial charge in [-0.1, -0.05) is 13.0 Å². The van der Waals surface area contributed by atoms with E-state index in [1.165, 1.54) is 29.0 Å². The molecule has 0 unspecified atom stereocenters. The number of thiophene rings is 1. The zero-order valence-electron chi connectivity index (χ0n) is 12.3. The number of aromatic nitrogens is 2. The highest BCUT2D eigenvalue weighted by Gasteiger charge is 2.22. The highest BCUT2D eigenvalue weighted by atomic mass is 32.1. The van der Waals surface area contributed by atoms with Gasteiger partial charge < -0.3 is 5.32 Å². The molecule has 0 bridgehead atoms. The van der Waals surface area contributed by atoms with Crippen molar-refractivity contribution in [2.45, 2.75) is 32.6 Å². The molecule has 112 valence electrons. The Bertz CT molecular complexity index is 856. The Morgan fingerprint density at radius 2 is 2.18 bits per heavy atom. The number of nitrogens with one attached hydrogen (secondary N) is 1. The highest BCUT2D eigenvalue weighted by Crippen LogP contribution is 2.40. The summed E-state index contributed by atoms with van der Waals surface area (Å²) in [5.74, 6) is 1.39. The van der Waals surface area contributed by atoms with Crippen LogP contribution in [0.15, 0.2) is 24.3 Å². The smallest absolute Gasteiger partial charge is 0.143 e. The van der Waals surface area contributed by atoms with Gasteiger partial charge in [0.25, 0.3) is 0 Å². The minimum atomic E-state index is -0.249. The zero-order chi connectivity index (χ0) is 15.1. The monoisotopic (exact) mass is 313 g/mol. The summed E-state index contributed by atoms with van der Waals surface area (Å²) in [7, 11) is 0. The van der Waals surface area contributed by atoms with Gasteiger partial charge in [-0.2, -0.15) is 0 Å². The molecule has 2 heterocycles. The zero-order valence-corrected chi connectivity index (χ0v) is 13.1. The fourth-order valence-corrected chi connectivity index (χ4v) is 4.27. The van der Waals surface area contributed by atoms with E-state index in [4.69, 9.17) is 0 Å². The lowest BCUT2D eigenvalue weighted by Crippen LogP contribution is -2.01. The van der Waals surface area contributed by atoms with E-state index >= 15 is 0 Å². The summed E-state index contributed by atoms with van der Waals surface area (Å²) in [5, 5.41) is 4.42. The molecule has 0 saturated heterocycles. The Kier molecular flexibility index (Phi) is 3.30. The largest absolute Gasteiger partial charge is 0.339 e. The van der Waals surface area contributed by atoms with Gasteiger partial charge in [0.1, 0.15) is 22.3 Å². The van der Waals surface area contributed by atoms with Crippen molar-refractivity contribution in [2.24, 2.45) is 0 Å². The van der Waals surface area contributed by atoms with E-state index in [1.807, 2.05) is 6.07 Å². The summed E-state index contributed by atoms with van der Waals surface area (Å²) in [4.78, 5) is 11.8. The number of halogens is 1. The number of aryl methyl sites for hydroxylation is 3. The molecule has 3 aromatic rings. The van der Waals surface area contributed by atoms with Crippen LogP contribution in [0.2, 0.25) is 0 Å². The van der Waals surface area contributed by atoms with Crippen LogP contribution in [0.25, 0.3) is 10.2 Å². The Morgan fingerprint density at radius 1 is 1.27 bits per heavy atom. The third-order valence-electron chi connectivity index (χ3n) is 4.01. The van der Waals surface area contributed by atoms with Gasteiger partial charge in [0.2, 0.25) is 0 Å². The fraction of sp³-hybridized carbons (Fsp3) is 0.294. The lowest BCUT2D eigenvalue weighted by molar-refractivity contribution is 0.628. The van der Waals surface area contributed by atoms with Gasteiger partial charge in [-0.05, 0) is 43.0 Å². The van der Waals surface area contributed by atoms with Gasteiger partial charge in [0.15, 0.2) is 0 Å². The molecule has 0 radical (unpaired) electrons. The SMILES string of the molecule is CCc1nc(Nc2cccc(F)c2)c2c3c(sc2n1)CCC3. The Labute approximate surface area is 132 Å². The van der Waals surface area contributed by atoms with Crippen molar-refractivity contribution in [3.63, 3.8) is 0 Å². The first kappa shape index (κ1) is 13.6. The third-order valence-corrected chi connectivity index (χ3v) is 5.20. The molecule has 1 aliphatic carbocycles. The first-order valence-electron chi connectivity index (χ1n) is 7.58. The van der Waals surface area contributed by atoms with E-state index in [2.05, 4.69) is 22.2 Å². The first-order chi connectivity index (χ1) is 10.7. The van der Waals surface area contributed by atoms with E-state index in [9.17, 15) is 4.39 Å². The Balaban J connectivity index is 1.87. The van der Waals surface area contributed by atoms with Crippen LogP contribution in [-0.2, 0) is 19.3 Å². The molecular weight excluding hydrogens is 297 g/mol. The van der Waals surface area contributed by atoms with E-state index < -0.39 is 0 Å². The molecule has 0 aliphatic heterocycles. The molecule has 5 heteroatoms. The van der Waals surface area contributed by atoms with Crippen molar-refractivity contribution < 1.29 is 4.39 Å². The topological polar surface area (TPSA) is 37.8 Å². The van der Waals surface area contributed by atoms with Crippen LogP contribution in [0.3, 0.4) is 0 Å². The predicted molar refractivity (Wildman–Crippen MR) is 88.5 cm³/mol. The molecule has 4 rings (SSSR count). The van der Waals surface area contributed by atoms with Crippen molar-refractivity contribution in [3.05, 3.63) is 46.3 Å². The van der Waals surface area contributed by atoms with Crippen LogP contribution in [0, 0.1) is 5.82 Å². The van der Waals surface area contributed by atoms with Gasteiger partial charge in [0, 0.05) is 17.0 Å². The standard InChI is InChI=1S/C17H16FN3S/c1-2-14-20-16(19-11-6-3-5-10(18)9-11)15-12-7-4-8-13(12)22-17(15)21-14/h3,5-6,9H,2,4,7-8H2,1H3,(H,19,20,21). The lowest BCUT2D eigenvalue weighted by Gasteiger charge is -2.09. The molecular formula is C17H16FN3S. The summed E-state index contributed by atoms with van der Waals surface area (Å²) >= 11 is 1.78. The van der Waals surface area contributed by atoms with E-state index in [0.717, 1.165) is 46.8 Å². The van der Waals surface area contributed by atoms with Crippen molar-refractivity contribution in [3.8, 4) is 0 Å². The maximum atomic E-state index is 13.4. The van der Waals surface area contributed by atoms with E-state index in [-0.39, 0.29) is 5.82 Å². The number of hydrogen-bond acceptors (Lipinski definition) is 4. The fourth-order valence-electron chi connectivity index (χ4n) is 2.99. The normalized spacial score (nSPS) is 13.5. The summed E-state index contributed by atoms with van der Waals surface area (Å²) < 4.78 is 13.4. The summed E-state index contributed by atoms with van der Waals surface area (Å²) in [5.41, 5.74) is 2.10. The average Bonchev–Trinajstić information content (AvgIpc) is 3.07. The summed E-state index contributed by atoms with van der Waals surface area (Å²) in [6.07, 6.45) is 4.21. The van der Waals surface area contributed by atoms with Gasteiger partial charge in [-0.15, -0.1) is 11.3 Å². The first-order valence-corrected chi connectivity index (χ1v) is 8.40. The van der Waals surface area contributed by atoms with E-state index in [1.54, 1.807) is 17.4 Å². The summed E-state index contributed by atoms with van der Waals surface area (Å²) in [6.45, 7) is 2.05. The van der Waals surface area contributed by atoms with Gasteiger partial charge in [-0.3, -0.25) is 0 Å². The minimum absolute atomic E-state index is 0.249. The van der Waals surface area contributed by atoms with Crippen LogP contribution >= 0.6 is 11.3 Å². The molecule has 2 aromatic heterocycles. The second kappa shape index (κ2) is 5.32. The van der Waals surface area contributed by atoms with Crippen molar-refractivity contribution in [1.82, 2.24) is 9.97 Å². The van der Waals surface area contributed by atoms with Crippen LogP contribution in [-0.4, -0.2) is 9.97 Å². The van der Waals surface area contributed by atoms with E-state index in [0.29, 0.717) is 0 Å². The van der Waals surface area contributed by atoms with Crippen molar-refractivity contribution in [1.29, 1.82) is 0 Å². The molecule has 0 spiro atoms. The molecule has 0 atom stereocenters. The average molecular weight is 313 g/mol. The number of fused-ring (bicyclic) bond motifs is 3. The predicted octanol–water partition coefficient (Wildman–Crippen LogP) is 4.63. The maximum absolute atomic E-state index is 13.4. The maximum Gasteiger partial charge on any atom is 0.143 e. The number of hydrogen-bond donors (Lipinski definition) is 1. The second-order valence-electron chi connectivity index (χ2n) is 5.51. The minimum Gasteiger partial charge on any atom is -0.339 e. The van der Waals surface area contributed by atoms with Crippen LogP contribution in [0.5, 0.6) is 0 Å². The number of nitrogens with zero attached hydrogens (tertiary/aromatic N) is 2. The molecule has 22 heavy (non-hydrogen) atoms. The third kappa shape index (κ3) is 2.25. The highest BCUT2D eigenvalue weighted by molar-refractivity contribution is 7.19. The number of benzene rings is 1. The molecule has 0 amide bonds. The van der Waals surface area contributed by atoms with Crippen molar-refractivity contribution in [2.75, 3.05) is 5.32 Å². The Hall–Kier alpha value is -2.01. The molecule has 0 fully saturated rings. The number of rotatable bonds is 3.